The molecule has 2 atom stereocenters. The summed E-state index contributed by atoms with van der Waals surface area (Å²) >= 11 is 0. The van der Waals surface area contributed by atoms with Crippen LogP contribution in [0.2, 0.25) is 0 Å². The number of aliphatic hydroxyl groups excluding tert-OH is 1. The van der Waals surface area contributed by atoms with Crippen LogP contribution in [-0.4, -0.2) is 30.1 Å². The van der Waals surface area contributed by atoms with E-state index in [1.165, 1.54) is 6.92 Å². The van der Waals surface area contributed by atoms with Gasteiger partial charge in [-0.2, -0.15) is 0 Å². The summed E-state index contributed by atoms with van der Waals surface area (Å²) in [6, 6.07) is -0.412. The van der Waals surface area contributed by atoms with Gasteiger partial charge in [-0.25, -0.2) is 0 Å². The smallest absolute Gasteiger partial charge is 0.149 e. The maximum atomic E-state index is 10.6. The quantitative estimate of drug-likeness (QED) is 0.545. The van der Waals surface area contributed by atoms with Crippen LogP contribution in [0.4, 0.5) is 0 Å². The van der Waals surface area contributed by atoms with Gasteiger partial charge < -0.3 is 10.4 Å². The van der Waals surface area contributed by atoms with Crippen LogP contribution in [0.3, 0.4) is 0 Å². The number of aliphatic hydroxyl groups is 1. The van der Waals surface area contributed by atoms with Crippen molar-refractivity contribution in [2.75, 3.05) is 7.05 Å². The van der Waals surface area contributed by atoms with Crippen LogP contribution >= 0.6 is 0 Å². The predicted molar refractivity (Wildman–Crippen MR) is 35.2 cm³/mol. The molecule has 0 radical (unpaired) electrons. The second-order valence-electron chi connectivity index (χ2n) is 2.12. The zero-order valence-electron chi connectivity index (χ0n) is 6.01. The van der Waals surface area contributed by atoms with E-state index in [9.17, 15) is 4.79 Å². The average Bonchev–Trinajstić information content (AvgIpc) is 1.64. The molecule has 0 saturated heterocycles. The number of rotatable bonds is 3. The highest BCUT2D eigenvalue weighted by molar-refractivity contribution is 5.81. The summed E-state index contributed by atoms with van der Waals surface area (Å²) < 4.78 is 0. The topological polar surface area (TPSA) is 49.3 Å². The maximum absolute atomic E-state index is 10.6. The molecule has 0 aromatic rings. The number of hydrogen-bond donors (Lipinski definition) is 2. The number of ketones is 1. The van der Waals surface area contributed by atoms with Gasteiger partial charge >= 0.3 is 0 Å². The molecular formula is C6H13NO2. The first-order chi connectivity index (χ1) is 4.09. The van der Waals surface area contributed by atoms with Gasteiger partial charge in [-0.1, -0.05) is 0 Å². The lowest BCUT2D eigenvalue weighted by molar-refractivity contribution is -0.121. The Balaban J connectivity index is 3.83. The molecule has 3 heteroatoms. The van der Waals surface area contributed by atoms with E-state index in [-0.39, 0.29) is 5.78 Å². The first kappa shape index (κ1) is 8.59. The van der Waals surface area contributed by atoms with E-state index in [1.807, 2.05) is 0 Å². The van der Waals surface area contributed by atoms with E-state index < -0.39 is 12.1 Å². The summed E-state index contributed by atoms with van der Waals surface area (Å²) in [5, 5.41) is 11.6. The molecule has 0 amide bonds. The molecule has 0 rings (SSSR count). The van der Waals surface area contributed by atoms with Gasteiger partial charge in [0.15, 0.2) is 0 Å². The third-order valence-electron chi connectivity index (χ3n) is 1.23. The first-order valence-corrected chi connectivity index (χ1v) is 2.95. The lowest BCUT2D eigenvalue weighted by Crippen LogP contribution is -2.41. The van der Waals surface area contributed by atoms with Crippen molar-refractivity contribution in [3.8, 4) is 0 Å². The minimum absolute atomic E-state index is 0.0347. The zero-order valence-corrected chi connectivity index (χ0v) is 6.01. The van der Waals surface area contributed by atoms with Crippen molar-refractivity contribution < 1.29 is 9.90 Å². The van der Waals surface area contributed by atoms with Crippen molar-refractivity contribution in [2.24, 2.45) is 0 Å². The van der Waals surface area contributed by atoms with E-state index in [1.54, 1.807) is 14.0 Å². The largest absolute Gasteiger partial charge is 0.391 e. The molecule has 0 aliphatic rings. The summed E-state index contributed by atoms with van der Waals surface area (Å²) in [5.74, 6) is -0.0347. The molecular weight excluding hydrogens is 118 g/mol. The SMILES string of the molecule is CN[C@@H](C(C)=O)C(C)O. The van der Waals surface area contributed by atoms with Crippen molar-refractivity contribution in [2.45, 2.75) is 26.0 Å². The average molecular weight is 131 g/mol. The summed E-state index contributed by atoms with van der Waals surface area (Å²) in [6.07, 6.45) is -0.604. The Labute approximate surface area is 55.1 Å². The van der Waals surface area contributed by atoms with Crippen molar-refractivity contribution >= 4 is 5.78 Å². The molecule has 2 N–H and O–H groups in total. The van der Waals surface area contributed by atoms with Crippen LogP contribution < -0.4 is 5.32 Å². The van der Waals surface area contributed by atoms with Gasteiger partial charge in [0, 0.05) is 0 Å². The maximum Gasteiger partial charge on any atom is 0.149 e. The van der Waals surface area contributed by atoms with Crippen LogP contribution in [0.5, 0.6) is 0 Å². The molecule has 0 bridgehead atoms. The van der Waals surface area contributed by atoms with Gasteiger partial charge in [-0.3, -0.25) is 4.79 Å². The Kier molecular flexibility index (Phi) is 3.42. The summed E-state index contributed by atoms with van der Waals surface area (Å²) in [7, 11) is 1.65. The molecule has 1 unspecified atom stereocenters. The van der Waals surface area contributed by atoms with Crippen LogP contribution in [0.25, 0.3) is 0 Å². The van der Waals surface area contributed by atoms with E-state index in [4.69, 9.17) is 5.11 Å². The molecule has 0 saturated carbocycles. The van der Waals surface area contributed by atoms with Gasteiger partial charge in [-0.05, 0) is 20.9 Å². The molecule has 0 aliphatic carbocycles. The molecule has 0 aromatic carbocycles. The third-order valence-corrected chi connectivity index (χ3v) is 1.23. The van der Waals surface area contributed by atoms with Crippen molar-refractivity contribution in [3.63, 3.8) is 0 Å². The van der Waals surface area contributed by atoms with E-state index in [0.717, 1.165) is 0 Å². The number of carbonyl (C=O) groups is 1. The Bertz CT molecular complexity index is 101. The Hall–Kier alpha value is -0.410. The van der Waals surface area contributed by atoms with Gasteiger partial charge in [0.1, 0.15) is 5.78 Å². The number of Topliss-reactive ketones (excluding diaryl/α,β-unsaturated/α-hetero) is 1. The lowest BCUT2D eigenvalue weighted by Gasteiger charge is -2.14. The summed E-state index contributed by atoms with van der Waals surface area (Å²) in [4.78, 5) is 10.6. The van der Waals surface area contributed by atoms with Gasteiger partial charge in [0.05, 0.1) is 12.1 Å². The minimum atomic E-state index is -0.604. The van der Waals surface area contributed by atoms with Crippen LogP contribution in [0, 0.1) is 0 Å². The molecule has 0 heterocycles. The molecule has 0 spiro atoms. The predicted octanol–water partition coefficient (Wildman–Crippen LogP) is -0.456. The third kappa shape index (κ3) is 2.58. The van der Waals surface area contributed by atoms with E-state index >= 15 is 0 Å². The second kappa shape index (κ2) is 3.58. The molecule has 0 aliphatic heterocycles. The molecule has 3 nitrogen and oxygen atoms in total. The molecule has 0 aromatic heterocycles. The van der Waals surface area contributed by atoms with Gasteiger partial charge in [-0.15, -0.1) is 0 Å². The monoisotopic (exact) mass is 131 g/mol. The highest BCUT2D eigenvalue weighted by Gasteiger charge is 2.16. The van der Waals surface area contributed by atoms with Crippen LogP contribution in [0.1, 0.15) is 13.8 Å². The van der Waals surface area contributed by atoms with Crippen LogP contribution in [0.15, 0.2) is 0 Å². The Morgan fingerprint density at radius 1 is 1.67 bits per heavy atom. The number of likely N-dealkylation sites (N-methyl/N-ethyl adjacent to an activating group) is 1. The summed E-state index contributed by atoms with van der Waals surface area (Å²) in [6.45, 7) is 3.04. The Morgan fingerprint density at radius 3 is 2.11 bits per heavy atom. The van der Waals surface area contributed by atoms with Gasteiger partial charge in [0.25, 0.3) is 0 Å². The van der Waals surface area contributed by atoms with E-state index in [2.05, 4.69) is 5.32 Å². The lowest BCUT2D eigenvalue weighted by atomic mass is 10.1. The minimum Gasteiger partial charge on any atom is -0.391 e. The second-order valence-corrected chi connectivity index (χ2v) is 2.12. The Morgan fingerprint density at radius 2 is 2.11 bits per heavy atom. The van der Waals surface area contributed by atoms with E-state index in [0.29, 0.717) is 0 Å². The fraction of sp³-hybridized carbons (Fsp3) is 0.833. The standard InChI is InChI=1S/C6H13NO2/c1-4(8)6(7-3)5(2)9/h4,6-8H,1-3H3/t4?,6-/m1/s1. The summed E-state index contributed by atoms with van der Waals surface area (Å²) in [5.41, 5.74) is 0. The molecule has 9 heavy (non-hydrogen) atoms. The first-order valence-electron chi connectivity index (χ1n) is 2.95. The zero-order chi connectivity index (χ0) is 7.44. The molecule has 54 valence electrons. The highest BCUT2D eigenvalue weighted by Crippen LogP contribution is 1.91. The number of carbonyl (C=O) groups excluding carboxylic acids is 1. The van der Waals surface area contributed by atoms with Crippen molar-refractivity contribution in [1.82, 2.24) is 5.32 Å². The van der Waals surface area contributed by atoms with Crippen molar-refractivity contribution in [1.29, 1.82) is 0 Å². The fourth-order valence-electron chi connectivity index (χ4n) is 0.784. The highest BCUT2D eigenvalue weighted by atomic mass is 16.3. The molecule has 0 fully saturated rings. The number of nitrogens with one attached hydrogen (secondary N) is 1. The van der Waals surface area contributed by atoms with Crippen molar-refractivity contribution in [3.05, 3.63) is 0 Å². The van der Waals surface area contributed by atoms with Gasteiger partial charge in [0.2, 0.25) is 0 Å². The normalized spacial score (nSPS) is 16.9. The number of hydrogen-bond acceptors (Lipinski definition) is 3. The van der Waals surface area contributed by atoms with Crippen LogP contribution in [-0.2, 0) is 4.79 Å². The fourth-order valence-corrected chi connectivity index (χ4v) is 0.784.